The van der Waals surface area contributed by atoms with E-state index >= 15 is 0 Å². The molecule has 3 aromatic heterocycles. The zero-order chi connectivity index (χ0) is 18.5. The third-order valence-electron chi connectivity index (χ3n) is 6.86. The fourth-order valence-electron chi connectivity index (χ4n) is 5.60. The van der Waals surface area contributed by atoms with Crippen LogP contribution < -0.4 is 0 Å². The molecule has 1 saturated carbocycles. The average molecular weight is 355 g/mol. The van der Waals surface area contributed by atoms with Crippen molar-refractivity contribution in [1.29, 1.82) is 0 Å². The van der Waals surface area contributed by atoms with E-state index in [0.29, 0.717) is 0 Å². The van der Waals surface area contributed by atoms with E-state index in [2.05, 4.69) is 56.5 Å². The standard InChI is InChI=1S/C24H25N3/c1-13-9-18-22(21-16-6-5-15(10-16)20(13)21)27-8-7-14-11-19(24(2,3)4)25-12-17(14)23(27)26-18/h7-9,11-12,15-16H,5-6,10H2,1-4H3. The van der Waals surface area contributed by atoms with Gasteiger partial charge in [-0.25, -0.2) is 4.98 Å². The number of aryl methyl sites for hydroxylation is 1. The Labute approximate surface area is 159 Å². The molecule has 1 fully saturated rings. The van der Waals surface area contributed by atoms with Crippen LogP contribution in [-0.2, 0) is 5.41 Å². The lowest BCUT2D eigenvalue weighted by molar-refractivity contribution is 0.570. The highest BCUT2D eigenvalue weighted by Crippen LogP contribution is 2.56. The van der Waals surface area contributed by atoms with Crippen LogP contribution in [0.4, 0.5) is 0 Å². The molecule has 0 radical (unpaired) electrons. The number of fused-ring (bicyclic) bond motifs is 11. The van der Waals surface area contributed by atoms with E-state index in [-0.39, 0.29) is 5.41 Å². The molecule has 2 aliphatic rings. The van der Waals surface area contributed by atoms with Crippen LogP contribution >= 0.6 is 0 Å². The average Bonchev–Trinajstić information content (AvgIpc) is 3.32. The van der Waals surface area contributed by atoms with Crippen LogP contribution in [0.2, 0.25) is 0 Å². The lowest BCUT2D eigenvalue weighted by Crippen LogP contribution is -2.13. The van der Waals surface area contributed by atoms with Gasteiger partial charge in [0.25, 0.3) is 0 Å². The molecule has 3 heterocycles. The van der Waals surface area contributed by atoms with Crippen molar-refractivity contribution in [2.24, 2.45) is 0 Å². The molecule has 6 rings (SSSR count). The summed E-state index contributed by atoms with van der Waals surface area (Å²) in [6, 6.07) is 6.77. The summed E-state index contributed by atoms with van der Waals surface area (Å²) >= 11 is 0. The van der Waals surface area contributed by atoms with Gasteiger partial charge >= 0.3 is 0 Å². The van der Waals surface area contributed by atoms with E-state index in [1.165, 1.54) is 35.7 Å². The summed E-state index contributed by atoms with van der Waals surface area (Å²) in [5, 5.41) is 2.38. The van der Waals surface area contributed by atoms with Gasteiger partial charge in [-0.05, 0) is 78.3 Å². The molecule has 136 valence electrons. The molecule has 1 aromatic carbocycles. The molecule has 0 spiro atoms. The minimum atomic E-state index is 0.0532. The SMILES string of the molecule is Cc1cc2nc3c4cnc(C(C)(C)C)cc4ccn3c2c2c1C1CCC2C1. The number of pyridine rings is 2. The molecule has 27 heavy (non-hydrogen) atoms. The smallest absolute Gasteiger partial charge is 0.147 e. The van der Waals surface area contributed by atoms with Crippen LogP contribution in [0, 0.1) is 6.92 Å². The Balaban J connectivity index is 1.71. The highest BCUT2D eigenvalue weighted by molar-refractivity contribution is 5.99. The zero-order valence-electron chi connectivity index (χ0n) is 16.5. The quantitative estimate of drug-likeness (QED) is 0.387. The molecule has 3 heteroatoms. The van der Waals surface area contributed by atoms with Gasteiger partial charge in [0.15, 0.2) is 0 Å². The Bertz CT molecular complexity index is 1260. The predicted octanol–water partition coefficient (Wildman–Crippen LogP) is 6.01. The predicted molar refractivity (Wildman–Crippen MR) is 111 cm³/mol. The number of rotatable bonds is 0. The Morgan fingerprint density at radius 1 is 1.07 bits per heavy atom. The first-order valence-corrected chi connectivity index (χ1v) is 10.2. The summed E-state index contributed by atoms with van der Waals surface area (Å²) in [4.78, 5) is 9.85. The van der Waals surface area contributed by atoms with Crippen molar-refractivity contribution < 1.29 is 0 Å². The summed E-state index contributed by atoms with van der Waals surface area (Å²) in [5.41, 5.74) is 9.37. The molecule has 0 amide bonds. The molecule has 3 nitrogen and oxygen atoms in total. The van der Waals surface area contributed by atoms with Gasteiger partial charge in [-0.2, -0.15) is 0 Å². The fraction of sp³-hybridized carbons (Fsp3) is 0.417. The van der Waals surface area contributed by atoms with E-state index in [0.717, 1.165) is 34.1 Å². The van der Waals surface area contributed by atoms with Crippen LogP contribution in [-0.4, -0.2) is 14.4 Å². The summed E-state index contributed by atoms with van der Waals surface area (Å²) in [5.74, 6) is 1.50. The molecule has 0 aliphatic heterocycles. The molecule has 2 unspecified atom stereocenters. The van der Waals surface area contributed by atoms with Crippen LogP contribution in [0.15, 0.2) is 30.6 Å². The van der Waals surface area contributed by atoms with Crippen molar-refractivity contribution in [2.75, 3.05) is 0 Å². The molecular weight excluding hydrogens is 330 g/mol. The number of nitrogens with zero attached hydrogens (tertiary/aromatic N) is 3. The maximum Gasteiger partial charge on any atom is 0.147 e. The largest absolute Gasteiger partial charge is 0.299 e. The first-order chi connectivity index (χ1) is 12.9. The maximum absolute atomic E-state index is 5.08. The van der Waals surface area contributed by atoms with Gasteiger partial charge in [-0.1, -0.05) is 20.8 Å². The third kappa shape index (κ3) is 1.97. The van der Waals surface area contributed by atoms with Crippen molar-refractivity contribution in [3.63, 3.8) is 0 Å². The third-order valence-corrected chi connectivity index (χ3v) is 6.86. The lowest BCUT2D eigenvalue weighted by Gasteiger charge is -2.19. The second-order valence-corrected chi connectivity index (χ2v) is 9.62. The monoisotopic (exact) mass is 355 g/mol. The summed E-state index contributed by atoms with van der Waals surface area (Å²) in [7, 11) is 0. The van der Waals surface area contributed by atoms with Crippen LogP contribution in [0.5, 0.6) is 0 Å². The number of hydrogen-bond acceptors (Lipinski definition) is 2. The minimum Gasteiger partial charge on any atom is -0.299 e. The Hall–Kier alpha value is -2.42. The normalized spacial score (nSPS) is 21.6. The van der Waals surface area contributed by atoms with E-state index in [4.69, 9.17) is 9.97 Å². The second kappa shape index (κ2) is 4.89. The Kier molecular flexibility index (Phi) is 2.83. The number of hydrogen-bond donors (Lipinski definition) is 0. The zero-order valence-corrected chi connectivity index (χ0v) is 16.5. The van der Waals surface area contributed by atoms with Crippen LogP contribution in [0.25, 0.3) is 27.5 Å². The van der Waals surface area contributed by atoms with E-state index in [1.807, 2.05) is 6.20 Å². The topological polar surface area (TPSA) is 30.2 Å². The molecular formula is C24H25N3. The van der Waals surface area contributed by atoms with Gasteiger partial charge in [0.1, 0.15) is 5.65 Å². The lowest BCUT2D eigenvalue weighted by atomic mass is 9.87. The van der Waals surface area contributed by atoms with Gasteiger partial charge < -0.3 is 0 Å². The van der Waals surface area contributed by atoms with Crippen molar-refractivity contribution >= 4 is 27.5 Å². The minimum absolute atomic E-state index is 0.0532. The van der Waals surface area contributed by atoms with E-state index < -0.39 is 0 Å². The van der Waals surface area contributed by atoms with Gasteiger partial charge in [0.2, 0.25) is 0 Å². The fourth-order valence-corrected chi connectivity index (χ4v) is 5.60. The number of imidazole rings is 1. The molecule has 2 atom stereocenters. The number of aromatic nitrogens is 3. The first kappa shape index (κ1) is 15.6. The maximum atomic E-state index is 5.08. The summed E-state index contributed by atoms with van der Waals surface area (Å²) < 4.78 is 2.33. The number of benzene rings is 1. The van der Waals surface area contributed by atoms with Crippen LogP contribution in [0.3, 0.4) is 0 Å². The Morgan fingerprint density at radius 3 is 2.63 bits per heavy atom. The van der Waals surface area contributed by atoms with Crippen molar-refractivity contribution in [3.8, 4) is 0 Å². The van der Waals surface area contributed by atoms with E-state index in [1.54, 1.807) is 11.1 Å². The second-order valence-electron chi connectivity index (χ2n) is 9.62. The first-order valence-electron chi connectivity index (χ1n) is 10.2. The molecule has 0 N–H and O–H groups in total. The van der Waals surface area contributed by atoms with Crippen molar-refractivity contribution in [3.05, 3.63) is 53.0 Å². The Morgan fingerprint density at radius 2 is 1.85 bits per heavy atom. The molecule has 2 aliphatic carbocycles. The molecule has 0 saturated heterocycles. The summed E-state index contributed by atoms with van der Waals surface area (Å²) in [6.07, 6.45) is 8.29. The molecule has 4 aromatic rings. The van der Waals surface area contributed by atoms with Crippen molar-refractivity contribution in [1.82, 2.24) is 14.4 Å². The molecule has 2 bridgehead atoms. The van der Waals surface area contributed by atoms with Gasteiger partial charge in [0, 0.05) is 28.9 Å². The van der Waals surface area contributed by atoms with Gasteiger partial charge in [0.05, 0.1) is 11.0 Å². The van der Waals surface area contributed by atoms with Crippen LogP contribution in [0.1, 0.15) is 74.3 Å². The van der Waals surface area contributed by atoms with Crippen molar-refractivity contribution in [2.45, 2.75) is 64.2 Å². The highest BCUT2D eigenvalue weighted by Gasteiger charge is 2.40. The summed E-state index contributed by atoms with van der Waals surface area (Å²) in [6.45, 7) is 8.91. The van der Waals surface area contributed by atoms with Gasteiger partial charge in [-0.15, -0.1) is 0 Å². The highest BCUT2D eigenvalue weighted by atomic mass is 15.0. The van der Waals surface area contributed by atoms with Gasteiger partial charge in [-0.3, -0.25) is 9.38 Å². The van der Waals surface area contributed by atoms with E-state index in [9.17, 15) is 0 Å².